The van der Waals surface area contributed by atoms with Gasteiger partial charge in [-0.05, 0) is 71.6 Å². The first-order chi connectivity index (χ1) is 21.2. The number of hydrogen-bond donors (Lipinski definition) is 5. The van der Waals surface area contributed by atoms with Crippen LogP contribution in [0.4, 0.5) is 5.69 Å². The largest absolute Gasteiger partial charge is 0.481 e. The highest BCUT2D eigenvalue weighted by molar-refractivity contribution is 6.74. The number of carbonyl (C=O) groups is 3. The van der Waals surface area contributed by atoms with Crippen LogP contribution in [-0.4, -0.2) is 61.8 Å². The van der Waals surface area contributed by atoms with Crippen molar-refractivity contribution in [1.29, 1.82) is 5.41 Å². The molecule has 3 rings (SSSR count). The van der Waals surface area contributed by atoms with E-state index in [1.54, 1.807) is 30.3 Å². The molecule has 0 saturated heterocycles. The van der Waals surface area contributed by atoms with Gasteiger partial charge in [-0.15, -0.1) is 0 Å². The summed E-state index contributed by atoms with van der Waals surface area (Å²) in [6.07, 6.45) is 0. The molecule has 0 saturated carbocycles. The summed E-state index contributed by atoms with van der Waals surface area (Å²) in [5, 5.41) is 23.6. The zero-order valence-electron chi connectivity index (χ0n) is 28.0. The predicted molar refractivity (Wildman–Crippen MR) is 182 cm³/mol. The molecule has 2 amide bonds. The van der Waals surface area contributed by atoms with Crippen LogP contribution in [0.15, 0.2) is 54.6 Å². The number of nitrogens with two attached hydrogens (primary N) is 1. The van der Waals surface area contributed by atoms with Gasteiger partial charge >= 0.3 is 5.97 Å². The monoisotopic (exact) mass is 647 g/mol. The maximum Gasteiger partial charge on any atom is 0.336 e. The Morgan fingerprint density at radius 2 is 1.52 bits per heavy atom. The molecule has 0 fully saturated rings. The number of nitrogens with one attached hydrogen (secondary N) is 3. The minimum atomic E-state index is -2.09. The number of rotatable bonds is 11. The molecule has 0 unspecified atom stereocenters. The van der Waals surface area contributed by atoms with E-state index in [4.69, 9.17) is 20.3 Å². The number of amides is 2. The molecular formula is C34H45N5O6Si. The summed E-state index contributed by atoms with van der Waals surface area (Å²) in [5.41, 5.74) is 6.43. The maximum atomic E-state index is 13.5. The second kappa shape index (κ2) is 13.8. The SMILES string of the molecule is COc1ccc(-c2ccc(C(=O)N[C@H](CO[Si](C)(C)C(C)(C)C)C(C)(C)C)cc2C(=O)O)c(C(=O)Nc2ccc(C(=N)N)cc2)n1. The number of pyridine rings is 1. The number of nitrogen functional groups attached to an aromatic ring is 1. The molecule has 6 N–H and O–H groups in total. The average molecular weight is 648 g/mol. The van der Waals surface area contributed by atoms with E-state index >= 15 is 0 Å². The van der Waals surface area contributed by atoms with Crippen LogP contribution < -0.4 is 21.1 Å². The molecule has 1 heterocycles. The van der Waals surface area contributed by atoms with Crippen molar-refractivity contribution < 1.29 is 28.7 Å². The second-order valence-corrected chi connectivity index (χ2v) is 18.5. The minimum Gasteiger partial charge on any atom is -0.481 e. The average Bonchev–Trinajstić information content (AvgIpc) is 2.97. The Hall–Kier alpha value is -4.55. The number of nitrogens with zero attached hydrogens (tertiary/aromatic N) is 1. The van der Waals surface area contributed by atoms with Gasteiger partial charge in [-0.25, -0.2) is 9.78 Å². The third kappa shape index (κ3) is 8.58. The van der Waals surface area contributed by atoms with Gasteiger partial charge in [0.15, 0.2) is 8.32 Å². The quantitative estimate of drug-likeness (QED) is 0.0934. The molecule has 0 radical (unpaired) electrons. The van der Waals surface area contributed by atoms with Crippen molar-refractivity contribution in [1.82, 2.24) is 10.3 Å². The lowest BCUT2D eigenvalue weighted by molar-refractivity contribution is 0.0697. The molecule has 0 aliphatic carbocycles. The van der Waals surface area contributed by atoms with Crippen molar-refractivity contribution in [3.05, 3.63) is 77.0 Å². The van der Waals surface area contributed by atoms with Gasteiger partial charge in [0.05, 0.1) is 25.3 Å². The summed E-state index contributed by atoms with van der Waals surface area (Å²) in [6.45, 7) is 17.1. The number of hydrogen-bond acceptors (Lipinski definition) is 7. The summed E-state index contributed by atoms with van der Waals surface area (Å²) >= 11 is 0. The molecule has 0 aliphatic heterocycles. The lowest BCUT2D eigenvalue weighted by Gasteiger charge is -2.39. The normalized spacial score (nSPS) is 12.6. The van der Waals surface area contributed by atoms with Crippen molar-refractivity contribution in [3.8, 4) is 17.0 Å². The van der Waals surface area contributed by atoms with E-state index in [2.05, 4.69) is 49.5 Å². The number of aromatic carboxylic acids is 1. The van der Waals surface area contributed by atoms with Crippen LogP contribution in [0.2, 0.25) is 18.1 Å². The zero-order valence-corrected chi connectivity index (χ0v) is 29.0. The van der Waals surface area contributed by atoms with Crippen LogP contribution in [0.5, 0.6) is 5.88 Å². The van der Waals surface area contributed by atoms with E-state index in [1.165, 1.54) is 31.4 Å². The predicted octanol–water partition coefficient (Wildman–Crippen LogP) is 6.16. The number of benzene rings is 2. The van der Waals surface area contributed by atoms with Crippen molar-refractivity contribution in [2.75, 3.05) is 19.0 Å². The van der Waals surface area contributed by atoms with Gasteiger partial charge in [-0.3, -0.25) is 15.0 Å². The number of carbonyl (C=O) groups excluding carboxylic acids is 2. The van der Waals surface area contributed by atoms with Crippen LogP contribution in [0.25, 0.3) is 11.1 Å². The Balaban J connectivity index is 1.97. The van der Waals surface area contributed by atoms with Gasteiger partial charge in [-0.1, -0.05) is 47.6 Å². The molecule has 12 heteroatoms. The first-order valence-electron chi connectivity index (χ1n) is 14.9. The highest BCUT2D eigenvalue weighted by Gasteiger charge is 2.39. The summed E-state index contributed by atoms with van der Waals surface area (Å²) in [6, 6.07) is 13.4. The first kappa shape index (κ1) is 35.9. The van der Waals surface area contributed by atoms with Gasteiger partial charge in [0.1, 0.15) is 11.5 Å². The molecular weight excluding hydrogens is 602 g/mol. The molecule has 2 aromatic carbocycles. The van der Waals surface area contributed by atoms with Crippen LogP contribution in [0.3, 0.4) is 0 Å². The third-order valence-electron chi connectivity index (χ3n) is 8.32. The molecule has 0 bridgehead atoms. The maximum absolute atomic E-state index is 13.5. The van der Waals surface area contributed by atoms with Crippen molar-refractivity contribution in [2.24, 2.45) is 11.1 Å². The van der Waals surface area contributed by atoms with Crippen molar-refractivity contribution in [2.45, 2.75) is 65.7 Å². The van der Waals surface area contributed by atoms with Crippen LogP contribution >= 0.6 is 0 Å². The van der Waals surface area contributed by atoms with Crippen molar-refractivity contribution in [3.63, 3.8) is 0 Å². The Morgan fingerprint density at radius 3 is 2.04 bits per heavy atom. The van der Waals surface area contributed by atoms with E-state index in [9.17, 15) is 19.5 Å². The van der Waals surface area contributed by atoms with E-state index < -0.39 is 26.1 Å². The molecule has 3 aromatic rings. The standard InChI is InChI=1S/C34H45N5O6Si/c1-33(2,3)26(19-45-46(8,9)34(4,5)6)38-30(40)21-12-15-23(25(18-21)32(42)43)24-16-17-27(44-7)39-28(24)31(41)37-22-13-10-20(11-14-22)29(35)36/h10-18,26H,19H2,1-9H3,(H3,35,36)(H,37,41)(H,38,40)(H,42,43)/t26-/m1/s1. The number of amidine groups is 1. The number of carboxylic acid groups (broad SMARTS) is 1. The fourth-order valence-electron chi connectivity index (χ4n) is 4.22. The summed E-state index contributed by atoms with van der Waals surface area (Å²) in [5.74, 6) is -2.28. The van der Waals surface area contributed by atoms with Crippen LogP contribution in [0.1, 0.15) is 78.3 Å². The molecule has 0 spiro atoms. The summed E-state index contributed by atoms with van der Waals surface area (Å²) in [4.78, 5) is 43.8. The lowest BCUT2D eigenvalue weighted by Crippen LogP contribution is -2.51. The van der Waals surface area contributed by atoms with Crippen LogP contribution in [-0.2, 0) is 4.43 Å². The zero-order chi connectivity index (χ0) is 34.6. The topological polar surface area (TPSA) is 177 Å². The molecule has 0 aliphatic rings. The Morgan fingerprint density at radius 1 is 0.935 bits per heavy atom. The van der Waals surface area contributed by atoms with Gasteiger partial charge < -0.3 is 30.6 Å². The van der Waals surface area contributed by atoms with Gasteiger partial charge in [0, 0.05) is 28.4 Å². The lowest BCUT2D eigenvalue weighted by atomic mass is 9.87. The van der Waals surface area contributed by atoms with E-state index in [0.29, 0.717) is 17.9 Å². The fourth-order valence-corrected chi connectivity index (χ4v) is 5.24. The Kier molecular flexibility index (Phi) is 10.8. The Labute approximate surface area is 271 Å². The number of methoxy groups -OCH3 is 1. The van der Waals surface area contributed by atoms with Gasteiger partial charge in [0.25, 0.3) is 11.8 Å². The number of anilines is 1. The van der Waals surface area contributed by atoms with Gasteiger partial charge in [0.2, 0.25) is 5.88 Å². The van der Waals surface area contributed by atoms with Crippen LogP contribution in [0, 0.1) is 10.8 Å². The Bertz CT molecular complexity index is 1620. The minimum absolute atomic E-state index is 0.00213. The second-order valence-electron chi connectivity index (χ2n) is 13.7. The van der Waals surface area contributed by atoms with E-state index in [1.807, 2.05) is 20.8 Å². The summed E-state index contributed by atoms with van der Waals surface area (Å²) in [7, 11) is -0.684. The number of ether oxygens (including phenoxy) is 1. The van der Waals surface area contributed by atoms with E-state index in [0.717, 1.165) is 0 Å². The summed E-state index contributed by atoms with van der Waals surface area (Å²) < 4.78 is 11.7. The first-order valence-corrected chi connectivity index (χ1v) is 17.8. The third-order valence-corrected chi connectivity index (χ3v) is 12.8. The number of aromatic nitrogens is 1. The van der Waals surface area contributed by atoms with Gasteiger partial charge in [-0.2, -0.15) is 0 Å². The molecule has 246 valence electrons. The fraction of sp³-hybridized carbons (Fsp3) is 0.382. The molecule has 11 nitrogen and oxygen atoms in total. The smallest absolute Gasteiger partial charge is 0.336 e. The molecule has 46 heavy (non-hydrogen) atoms. The molecule has 1 atom stereocenters. The van der Waals surface area contributed by atoms with Crippen molar-refractivity contribution >= 4 is 37.6 Å². The molecule has 1 aromatic heterocycles. The number of carboxylic acids is 1. The highest BCUT2D eigenvalue weighted by Crippen LogP contribution is 2.37. The highest BCUT2D eigenvalue weighted by atomic mass is 28.4. The van der Waals surface area contributed by atoms with E-state index in [-0.39, 0.29) is 56.2 Å².